The second-order valence-corrected chi connectivity index (χ2v) is 4.44. The van der Waals surface area contributed by atoms with Gasteiger partial charge in [0.1, 0.15) is 12.3 Å². The Morgan fingerprint density at radius 1 is 1.72 bits per heavy atom. The molecule has 0 bridgehead atoms. The van der Waals surface area contributed by atoms with Crippen molar-refractivity contribution in [2.75, 3.05) is 13.7 Å². The summed E-state index contributed by atoms with van der Waals surface area (Å²) in [6.07, 6.45) is 5.18. The second-order valence-electron chi connectivity index (χ2n) is 4.44. The monoisotopic (exact) mass is 254 g/mol. The third-order valence-corrected chi connectivity index (χ3v) is 3.10. The van der Waals surface area contributed by atoms with Gasteiger partial charge in [0.15, 0.2) is 0 Å². The highest BCUT2D eigenvalue weighted by Gasteiger charge is 2.36. The van der Waals surface area contributed by atoms with Crippen LogP contribution in [-0.4, -0.2) is 48.1 Å². The summed E-state index contributed by atoms with van der Waals surface area (Å²) < 4.78 is 10.7. The van der Waals surface area contributed by atoms with Crippen LogP contribution in [0.25, 0.3) is 0 Å². The summed E-state index contributed by atoms with van der Waals surface area (Å²) in [4.78, 5) is 12.9. The number of aliphatic hydroxyl groups excluding tert-OH is 1. The molecule has 1 amide bonds. The highest BCUT2D eigenvalue weighted by atomic mass is 16.6. The predicted octanol–water partition coefficient (Wildman–Crippen LogP) is -0.303. The molecule has 0 spiro atoms. The van der Waals surface area contributed by atoms with Crippen LogP contribution in [-0.2, 0) is 14.3 Å². The number of carbonyl (C=O) groups is 1. The molecular formula is C12H18N2O4. The summed E-state index contributed by atoms with van der Waals surface area (Å²) in [7, 11) is 1.56. The molecule has 6 nitrogen and oxygen atoms in total. The normalized spacial score (nSPS) is 31.6. The van der Waals surface area contributed by atoms with E-state index >= 15 is 0 Å². The number of primary amides is 1. The summed E-state index contributed by atoms with van der Waals surface area (Å²) in [5.74, 6) is -0.434. The minimum absolute atomic E-state index is 0.286. The molecule has 0 unspecified atom stereocenters. The fourth-order valence-corrected chi connectivity index (χ4v) is 2.13. The largest absolute Gasteiger partial charge is 0.390 e. The van der Waals surface area contributed by atoms with Gasteiger partial charge in [-0.1, -0.05) is 6.08 Å². The average Bonchev–Trinajstić information content (AvgIpc) is 2.72. The quantitative estimate of drug-likeness (QED) is 0.719. The number of amides is 1. The molecule has 2 heterocycles. The lowest BCUT2D eigenvalue weighted by Crippen LogP contribution is -2.30. The van der Waals surface area contributed by atoms with Crippen LogP contribution in [0.5, 0.6) is 0 Å². The van der Waals surface area contributed by atoms with Crippen LogP contribution in [0.2, 0.25) is 0 Å². The second kappa shape index (κ2) is 5.51. The first kappa shape index (κ1) is 13.1. The number of aliphatic hydroxyl groups is 1. The molecule has 6 heteroatoms. The van der Waals surface area contributed by atoms with Gasteiger partial charge in [0.25, 0.3) is 0 Å². The van der Waals surface area contributed by atoms with Gasteiger partial charge in [0.05, 0.1) is 12.7 Å². The van der Waals surface area contributed by atoms with Gasteiger partial charge in [-0.15, -0.1) is 0 Å². The zero-order valence-corrected chi connectivity index (χ0v) is 10.3. The molecule has 3 N–H and O–H groups in total. The number of hydrogen-bond acceptors (Lipinski definition) is 5. The zero-order chi connectivity index (χ0) is 13.1. The topological polar surface area (TPSA) is 85.0 Å². The fourth-order valence-electron chi connectivity index (χ4n) is 2.13. The summed E-state index contributed by atoms with van der Waals surface area (Å²) >= 11 is 0. The molecule has 2 rings (SSSR count). The first-order valence-corrected chi connectivity index (χ1v) is 5.89. The molecule has 0 aromatic heterocycles. The third-order valence-electron chi connectivity index (χ3n) is 3.10. The lowest BCUT2D eigenvalue weighted by molar-refractivity contribution is -0.114. The number of methoxy groups -OCH3 is 1. The summed E-state index contributed by atoms with van der Waals surface area (Å²) in [5.41, 5.74) is 5.79. The molecular weight excluding hydrogens is 236 g/mol. The van der Waals surface area contributed by atoms with Gasteiger partial charge in [-0.25, -0.2) is 0 Å². The van der Waals surface area contributed by atoms with Crippen molar-refractivity contribution < 1.29 is 19.4 Å². The zero-order valence-electron chi connectivity index (χ0n) is 10.3. The SMILES string of the molecule is COC[C@H]1O[C@@H](N2C=CCC(C(N)=O)=C2)C[C@@H]1O. The first-order chi connectivity index (χ1) is 8.61. The molecule has 0 radical (unpaired) electrons. The van der Waals surface area contributed by atoms with E-state index in [1.165, 1.54) is 0 Å². The molecule has 0 aliphatic carbocycles. The van der Waals surface area contributed by atoms with Crippen molar-refractivity contribution in [1.29, 1.82) is 0 Å². The number of allylic oxidation sites excluding steroid dienone is 1. The Morgan fingerprint density at radius 2 is 2.50 bits per heavy atom. The van der Waals surface area contributed by atoms with Crippen molar-refractivity contribution in [3.63, 3.8) is 0 Å². The summed E-state index contributed by atoms with van der Waals surface area (Å²) in [6, 6.07) is 0. The summed E-state index contributed by atoms with van der Waals surface area (Å²) in [5, 5.41) is 9.83. The molecule has 0 saturated carbocycles. The van der Waals surface area contributed by atoms with Crippen molar-refractivity contribution in [3.05, 3.63) is 24.0 Å². The van der Waals surface area contributed by atoms with E-state index in [4.69, 9.17) is 15.2 Å². The third kappa shape index (κ3) is 2.72. The maximum absolute atomic E-state index is 11.1. The fraction of sp³-hybridized carbons (Fsp3) is 0.583. The van der Waals surface area contributed by atoms with Crippen LogP contribution in [0.15, 0.2) is 24.0 Å². The van der Waals surface area contributed by atoms with Crippen LogP contribution in [0, 0.1) is 0 Å². The summed E-state index contributed by atoms with van der Waals surface area (Å²) in [6.45, 7) is 0.349. The van der Waals surface area contributed by atoms with Crippen LogP contribution in [0.4, 0.5) is 0 Å². The maximum Gasteiger partial charge on any atom is 0.246 e. The van der Waals surface area contributed by atoms with E-state index < -0.39 is 12.0 Å². The number of hydrogen-bond donors (Lipinski definition) is 2. The van der Waals surface area contributed by atoms with Crippen molar-refractivity contribution in [3.8, 4) is 0 Å². The lowest BCUT2D eigenvalue weighted by Gasteiger charge is -2.26. The molecule has 18 heavy (non-hydrogen) atoms. The minimum Gasteiger partial charge on any atom is -0.390 e. The van der Waals surface area contributed by atoms with E-state index in [1.807, 2.05) is 12.3 Å². The van der Waals surface area contributed by atoms with Crippen LogP contribution in [0.3, 0.4) is 0 Å². The van der Waals surface area contributed by atoms with Gasteiger partial charge in [-0.3, -0.25) is 4.79 Å². The Balaban J connectivity index is 2.02. The predicted molar refractivity (Wildman–Crippen MR) is 64.0 cm³/mol. The van der Waals surface area contributed by atoms with Crippen molar-refractivity contribution in [2.24, 2.45) is 5.73 Å². The molecule has 1 fully saturated rings. The van der Waals surface area contributed by atoms with E-state index in [0.717, 1.165) is 0 Å². The molecule has 0 aromatic carbocycles. The van der Waals surface area contributed by atoms with Gasteiger partial charge in [-0.2, -0.15) is 0 Å². The van der Waals surface area contributed by atoms with E-state index in [9.17, 15) is 9.90 Å². The van der Waals surface area contributed by atoms with Crippen molar-refractivity contribution in [1.82, 2.24) is 4.90 Å². The van der Waals surface area contributed by atoms with Gasteiger partial charge in [0.2, 0.25) is 5.91 Å². The van der Waals surface area contributed by atoms with E-state index in [2.05, 4.69) is 0 Å². The number of rotatable bonds is 4. The average molecular weight is 254 g/mol. The van der Waals surface area contributed by atoms with Crippen molar-refractivity contribution in [2.45, 2.75) is 31.3 Å². The van der Waals surface area contributed by atoms with Crippen molar-refractivity contribution >= 4 is 5.91 Å². The Labute approximate surface area is 106 Å². The van der Waals surface area contributed by atoms with Crippen LogP contribution < -0.4 is 5.73 Å². The lowest BCUT2D eigenvalue weighted by atomic mass is 10.1. The number of nitrogens with zero attached hydrogens (tertiary/aromatic N) is 1. The Morgan fingerprint density at radius 3 is 3.17 bits per heavy atom. The smallest absolute Gasteiger partial charge is 0.246 e. The number of nitrogens with two attached hydrogens (primary N) is 1. The van der Waals surface area contributed by atoms with Gasteiger partial charge >= 0.3 is 0 Å². The molecule has 1 saturated heterocycles. The Hall–Kier alpha value is -1.37. The maximum atomic E-state index is 11.1. The van der Waals surface area contributed by atoms with Crippen LogP contribution >= 0.6 is 0 Å². The molecule has 0 aromatic rings. The molecule has 2 aliphatic heterocycles. The van der Waals surface area contributed by atoms with Gasteiger partial charge in [0, 0.05) is 31.5 Å². The highest BCUT2D eigenvalue weighted by Crippen LogP contribution is 2.26. The number of carbonyl (C=O) groups excluding carboxylic acids is 1. The standard InChI is InChI=1S/C12H18N2O4/c1-17-7-10-9(15)5-11(18-10)14-4-2-3-8(6-14)12(13)16/h2,4,6,9-11,15H,3,5,7H2,1H3,(H2,13,16)/t9-,10+,11+/m0/s1. The Bertz CT molecular complexity index is 380. The first-order valence-electron chi connectivity index (χ1n) is 5.89. The van der Waals surface area contributed by atoms with Gasteiger partial charge < -0.3 is 25.2 Å². The van der Waals surface area contributed by atoms with E-state index in [1.54, 1.807) is 18.2 Å². The minimum atomic E-state index is -0.560. The van der Waals surface area contributed by atoms with Crippen LogP contribution in [0.1, 0.15) is 12.8 Å². The molecule has 100 valence electrons. The Kier molecular flexibility index (Phi) is 4.00. The molecule has 2 aliphatic rings. The van der Waals surface area contributed by atoms with E-state index in [-0.39, 0.29) is 12.3 Å². The molecule has 3 atom stereocenters. The van der Waals surface area contributed by atoms with Gasteiger partial charge in [-0.05, 0) is 6.42 Å². The van der Waals surface area contributed by atoms with E-state index in [0.29, 0.717) is 25.0 Å². The number of ether oxygens (including phenoxy) is 2. The highest BCUT2D eigenvalue weighted by molar-refractivity contribution is 5.92.